The predicted molar refractivity (Wildman–Crippen MR) is 77.7 cm³/mol. The number of para-hydroxylation sites is 1. The van der Waals surface area contributed by atoms with Gasteiger partial charge in [0.25, 0.3) is 0 Å². The van der Waals surface area contributed by atoms with Gasteiger partial charge in [0.15, 0.2) is 0 Å². The van der Waals surface area contributed by atoms with E-state index >= 15 is 0 Å². The molecule has 0 bridgehead atoms. The number of pyridine rings is 1. The van der Waals surface area contributed by atoms with Gasteiger partial charge in [0, 0.05) is 24.8 Å². The zero-order valence-corrected chi connectivity index (χ0v) is 11.8. The number of hydrogen-bond donors (Lipinski definition) is 1. The molecule has 0 aliphatic heterocycles. The van der Waals surface area contributed by atoms with Crippen LogP contribution in [0, 0.1) is 0 Å². The number of ether oxygens (including phenoxy) is 1. The van der Waals surface area contributed by atoms with E-state index in [9.17, 15) is 0 Å². The van der Waals surface area contributed by atoms with Crippen LogP contribution in [0.3, 0.4) is 0 Å². The van der Waals surface area contributed by atoms with Crippen molar-refractivity contribution in [2.24, 2.45) is 0 Å². The van der Waals surface area contributed by atoms with Gasteiger partial charge in [0.2, 0.25) is 5.88 Å². The molecule has 2 aromatic rings. The van der Waals surface area contributed by atoms with E-state index in [0.29, 0.717) is 23.5 Å². The lowest BCUT2D eigenvalue weighted by Gasteiger charge is -2.11. The molecule has 4 heteroatoms. The second-order valence-electron chi connectivity index (χ2n) is 4.56. The summed E-state index contributed by atoms with van der Waals surface area (Å²) in [7, 11) is 0. The van der Waals surface area contributed by atoms with Crippen molar-refractivity contribution in [2.75, 3.05) is 0 Å². The van der Waals surface area contributed by atoms with Crippen molar-refractivity contribution in [3.8, 4) is 11.6 Å². The predicted octanol–water partition coefficient (Wildman–Crippen LogP) is 4.03. The Labute approximate surface area is 118 Å². The Morgan fingerprint density at radius 3 is 2.68 bits per heavy atom. The third-order valence-corrected chi connectivity index (χ3v) is 2.92. The van der Waals surface area contributed by atoms with E-state index in [4.69, 9.17) is 16.3 Å². The minimum atomic E-state index is 0.405. The molecular weight excluding hydrogens is 260 g/mol. The highest BCUT2D eigenvalue weighted by molar-refractivity contribution is 6.31. The van der Waals surface area contributed by atoms with E-state index in [1.165, 1.54) is 0 Å². The molecular formula is C15H17ClN2O. The van der Waals surface area contributed by atoms with E-state index in [2.05, 4.69) is 24.1 Å². The second kappa shape index (κ2) is 6.55. The van der Waals surface area contributed by atoms with Crippen molar-refractivity contribution in [1.29, 1.82) is 0 Å². The molecule has 0 fully saturated rings. The Bertz CT molecular complexity index is 529. The van der Waals surface area contributed by atoms with E-state index < -0.39 is 0 Å². The summed E-state index contributed by atoms with van der Waals surface area (Å²) in [5.41, 5.74) is 0.983. The molecule has 1 aromatic heterocycles. The van der Waals surface area contributed by atoms with Gasteiger partial charge in [-0.2, -0.15) is 0 Å². The molecule has 0 unspecified atom stereocenters. The fourth-order valence-electron chi connectivity index (χ4n) is 1.57. The first-order chi connectivity index (χ1) is 9.15. The summed E-state index contributed by atoms with van der Waals surface area (Å²) in [5, 5.41) is 3.97. The highest BCUT2D eigenvalue weighted by atomic mass is 35.5. The molecule has 100 valence electrons. The van der Waals surface area contributed by atoms with Crippen LogP contribution >= 0.6 is 11.6 Å². The molecule has 19 heavy (non-hydrogen) atoms. The normalized spacial score (nSPS) is 10.7. The maximum atomic E-state index is 6.12. The van der Waals surface area contributed by atoms with E-state index in [1.807, 2.05) is 36.4 Å². The Balaban J connectivity index is 2.12. The summed E-state index contributed by atoms with van der Waals surface area (Å²) in [6, 6.07) is 11.8. The molecule has 2 rings (SSSR count). The average Bonchev–Trinajstić information content (AvgIpc) is 2.40. The fourth-order valence-corrected chi connectivity index (χ4v) is 1.74. The number of aromatic nitrogens is 1. The topological polar surface area (TPSA) is 34.1 Å². The van der Waals surface area contributed by atoms with Gasteiger partial charge in [-0.3, -0.25) is 0 Å². The van der Waals surface area contributed by atoms with Crippen LogP contribution in [0.4, 0.5) is 0 Å². The zero-order chi connectivity index (χ0) is 13.7. The molecule has 0 saturated carbocycles. The minimum absolute atomic E-state index is 0.405. The summed E-state index contributed by atoms with van der Waals surface area (Å²) >= 11 is 6.12. The van der Waals surface area contributed by atoms with Gasteiger partial charge in [0.05, 0.1) is 5.02 Å². The molecule has 1 aromatic carbocycles. The van der Waals surface area contributed by atoms with Gasteiger partial charge in [0.1, 0.15) is 5.75 Å². The molecule has 0 saturated heterocycles. The Kier molecular flexibility index (Phi) is 4.77. The van der Waals surface area contributed by atoms with E-state index in [0.717, 1.165) is 11.3 Å². The number of halogens is 1. The molecule has 1 N–H and O–H groups in total. The number of nitrogens with one attached hydrogen (secondary N) is 1. The average molecular weight is 277 g/mol. The lowest BCUT2D eigenvalue weighted by Crippen LogP contribution is -2.22. The van der Waals surface area contributed by atoms with Crippen molar-refractivity contribution in [3.63, 3.8) is 0 Å². The van der Waals surface area contributed by atoms with Crippen LogP contribution in [0.15, 0.2) is 42.6 Å². The van der Waals surface area contributed by atoms with Crippen molar-refractivity contribution in [3.05, 3.63) is 53.2 Å². The van der Waals surface area contributed by atoms with E-state index in [1.54, 1.807) is 6.20 Å². The zero-order valence-electron chi connectivity index (χ0n) is 11.1. The third-order valence-electron chi connectivity index (χ3n) is 2.58. The largest absolute Gasteiger partial charge is 0.439 e. The van der Waals surface area contributed by atoms with Gasteiger partial charge < -0.3 is 10.1 Å². The molecule has 0 spiro atoms. The molecule has 3 nitrogen and oxygen atoms in total. The molecule has 0 aliphatic carbocycles. The smallest absolute Gasteiger partial charge is 0.219 e. The lowest BCUT2D eigenvalue weighted by atomic mass is 10.2. The standard InChI is InChI=1S/C15H17ClN2O/c1-11(2)17-9-12-8-15(18-10-14(12)16)19-13-6-4-3-5-7-13/h3-8,10-11,17H,9H2,1-2H3. The van der Waals surface area contributed by atoms with Gasteiger partial charge in [-0.25, -0.2) is 4.98 Å². The van der Waals surface area contributed by atoms with Crippen LogP contribution in [0.5, 0.6) is 11.6 Å². The summed E-state index contributed by atoms with van der Waals surface area (Å²) in [6.07, 6.45) is 1.62. The van der Waals surface area contributed by atoms with Gasteiger partial charge in [-0.15, -0.1) is 0 Å². The molecule has 0 aliphatic rings. The van der Waals surface area contributed by atoms with Crippen molar-refractivity contribution in [1.82, 2.24) is 10.3 Å². The van der Waals surface area contributed by atoms with Crippen LogP contribution in [0.2, 0.25) is 5.02 Å². The molecule has 0 radical (unpaired) electrons. The number of hydrogen-bond acceptors (Lipinski definition) is 3. The SMILES string of the molecule is CC(C)NCc1cc(Oc2ccccc2)ncc1Cl. The lowest BCUT2D eigenvalue weighted by molar-refractivity contribution is 0.461. The van der Waals surface area contributed by atoms with Gasteiger partial charge >= 0.3 is 0 Å². The van der Waals surface area contributed by atoms with Crippen molar-refractivity contribution < 1.29 is 4.74 Å². The molecule has 1 heterocycles. The summed E-state index contributed by atoms with van der Waals surface area (Å²) in [6.45, 7) is 4.89. The van der Waals surface area contributed by atoms with Gasteiger partial charge in [-0.05, 0) is 17.7 Å². The summed E-state index contributed by atoms with van der Waals surface area (Å²) in [4.78, 5) is 4.18. The van der Waals surface area contributed by atoms with E-state index in [-0.39, 0.29) is 0 Å². The highest BCUT2D eigenvalue weighted by Crippen LogP contribution is 2.23. The Morgan fingerprint density at radius 1 is 1.26 bits per heavy atom. The van der Waals surface area contributed by atoms with Gasteiger partial charge in [-0.1, -0.05) is 43.6 Å². The minimum Gasteiger partial charge on any atom is -0.439 e. The quantitative estimate of drug-likeness (QED) is 0.895. The molecule has 0 atom stereocenters. The number of rotatable bonds is 5. The summed E-state index contributed by atoms with van der Waals surface area (Å²) in [5.74, 6) is 1.32. The first-order valence-corrected chi connectivity index (χ1v) is 6.63. The second-order valence-corrected chi connectivity index (χ2v) is 4.97. The summed E-state index contributed by atoms with van der Waals surface area (Å²) < 4.78 is 5.68. The Hall–Kier alpha value is -1.58. The first kappa shape index (κ1) is 13.8. The maximum absolute atomic E-state index is 6.12. The van der Waals surface area contributed by atoms with Crippen molar-refractivity contribution in [2.45, 2.75) is 26.4 Å². The molecule has 0 amide bonds. The number of benzene rings is 1. The van der Waals surface area contributed by atoms with Crippen LogP contribution in [0.1, 0.15) is 19.4 Å². The van der Waals surface area contributed by atoms with Crippen LogP contribution in [-0.2, 0) is 6.54 Å². The first-order valence-electron chi connectivity index (χ1n) is 6.26. The monoisotopic (exact) mass is 276 g/mol. The van der Waals surface area contributed by atoms with Crippen LogP contribution in [-0.4, -0.2) is 11.0 Å². The van der Waals surface area contributed by atoms with Crippen LogP contribution in [0.25, 0.3) is 0 Å². The van der Waals surface area contributed by atoms with Crippen LogP contribution < -0.4 is 10.1 Å². The fraction of sp³-hybridized carbons (Fsp3) is 0.267. The number of nitrogens with zero attached hydrogens (tertiary/aromatic N) is 1. The maximum Gasteiger partial charge on any atom is 0.219 e. The van der Waals surface area contributed by atoms with Crippen molar-refractivity contribution >= 4 is 11.6 Å². The highest BCUT2D eigenvalue weighted by Gasteiger charge is 2.06. The Morgan fingerprint density at radius 2 is 2.00 bits per heavy atom. The third kappa shape index (κ3) is 4.23.